The van der Waals surface area contributed by atoms with Gasteiger partial charge in [-0.1, -0.05) is 12.2 Å². The average molecular weight is 450 g/mol. The first-order chi connectivity index (χ1) is 15.2. The Balaban J connectivity index is 1.97. The molecule has 8 N–H and O–H groups in total. The molecule has 0 saturated carbocycles. The molecule has 176 valence electrons. The van der Waals surface area contributed by atoms with Crippen LogP contribution in [0.3, 0.4) is 0 Å². The molecule has 12 heteroatoms. The van der Waals surface area contributed by atoms with E-state index in [9.17, 15) is 24.3 Å². The Labute approximate surface area is 185 Å². The van der Waals surface area contributed by atoms with Crippen molar-refractivity contribution >= 4 is 23.7 Å². The lowest BCUT2D eigenvalue weighted by Gasteiger charge is -2.28. The fourth-order valence-corrected chi connectivity index (χ4v) is 3.43. The molecule has 0 unspecified atom stereocenters. The number of hydrogen-bond acceptors (Lipinski definition) is 7. The third-order valence-corrected chi connectivity index (χ3v) is 5.14. The maximum atomic E-state index is 12.9. The number of imidazole rings is 1. The predicted molar refractivity (Wildman–Crippen MR) is 115 cm³/mol. The number of nitrogens with one attached hydrogen (secondary N) is 3. The van der Waals surface area contributed by atoms with Gasteiger partial charge in [0.2, 0.25) is 17.7 Å². The van der Waals surface area contributed by atoms with Gasteiger partial charge in [-0.15, -0.1) is 0 Å². The lowest BCUT2D eigenvalue weighted by Crippen LogP contribution is -2.56. The Kier molecular flexibility index (Phi) is 9.35. The van der Waals surface area contributed by atoms with Crippen LogP contribution < -0.4 is 22.1 Å². The summed E-state index contributed by atoms with van der Waals surface area (Å²) in [6.45, 7) is 2.28. The van der Waals surface area contributed by atoms with Crippen molar-refractivity contribution in [2.75, 3.05) is 13.1 Å². The van der Waals surface area contributed by atoms with E-state index in [0.29, 0.717) is 38.0 Å². The summed E-state index contributed by atoms with van der Waals surface area (Å²) in [6.07, 6.45) is 7.70. The van der Waals surface area contributed by atoms with Crippen LogP contribution in [0, 0.1) is 0 Å². The summed E-state index contributed by atoms with van der Waals surface area (Å²) in [5.41, 5.74) is 11.7. The van der Waals surface area contributed by atoms with Crippen molar-refractivity contribution in [1.82, 2.24) is 25.5 Å². The molecule has 1 aliphatic rings. The molecule has 1 aliphatic heterocycles. The van der Waals surface area contributed by atoms with Gasteiger partial charge in [0.15, 0.2) is 0 Å². The molecule has 0 radical (unpaired) electrons. The summed E-state index contributed by atoms with van der Waals surface area (Å²) in [4.78, 5) is 57.5. The molecule has 32 heavy (non-hydrogen) atoms. The van der Waals surface area contributed by atoms with Gasteiger partial charge in [-0.05, 0) is 32.7 Å². The molecule has 0 bridgehead atoms. The standard InChI is InChI=1S/C20H31N7O5/c1-12(25-17(28)14(22)5-2-3-7-21)19(30)27-8-4-6-16(27)18(29)26-15(20(31)32)9-13-10-23-11-24-13/h2,5,10-12,14-16H,3-4,6-9,21-22H2,1H3,(H,23,24)(H,25,28)(H,26,29)(H,31,32)/b5-2+/t12-,14+,15+,16+/m1/s1. The molecule has 0 aromatic carbocycles. The molecule has 2 rings (SSSR count). The van der Waals surface area contributed by atoms with Gasteiger partial charge in [0, 0.05) is 24.9 Å². The molecule has 2 heterocycles. The normalized spacial score (nSPS) is 18.8. The van der Waals surface area contributed by atoms with E-state index in [1.807, 2.05) is 0 Å². The Morgan fingerprint density at radius 2 is 2.12 bits per heavy atom. The smallest absolute Gasteiger partial charge is 0.326 e. The van der Waals surface area contributed by atoms with Gasteiger partial charge in [-0.2, -0.15) is 0 Å². The van der Waals surface area contributed by atoms with E-state index in [1.54, 1.807) is 6.08 Å². The van der Waals surface area contributed by atoms with Crippen LogP contribution in [-0.2, 0) is 25.6 Å². The highest BCUT2D eigenvalue weighted by Gasteiger charge is 2.38. The van der Waals surface area contributed by atoms with Gasteiger partial charge in [-0.3, -0.25) is 14.4 Å². The average Bonchev–Trinajstić information content (AvgIpc) is 3.44. The molecule has 1 fully saturated rings. The molecular weight excluding hydrogens is 418 g/mol. The molecule has 0 spiro atoms. The second-order valence-corrected chi connectivity index (χ2v) is 7.63. The zero-order valence-corrected chi connectivity index (χ0v) is 18.0. The second-order valence-electron chi connectivity index (χ2n) is 7.63. The Hall–Kier alpha value is -3.25. The van der Waals surface area contributed by atoms with E-state index in [2.05, 4.69) is 20.6 Å². The number of hydrogen-bond donors (Lipinski definition) is 6. The zero-order chi connectivity index (χ0) is 23.7. The van der Waals surface area contributed by atoms with Crippen LogP contribution in [0.5, 0.6) is 0 Å². The summed E-state index contributed by atoms with van der Waals surface area (Å²) >= 11 is 0. The number of likely N-dealkylation sites (tertiary alicyclic amines) is 1. The number of aromatic amines is 1. The quantitative estimate of drug-likeness (QED) is 0.214. The third kappa shape index (κ3) is 6.89. The van der Waals surface area contributed by atoms with E-state index in [-0.39, 0.29) is 6.42 Å². The van der Waals surface area contributed by atoms with Crippen LogP contribution in [0.1, 0.15) is 31.9 Å². The number of carboxylic acid groups (broad SMARTS) is 1. The van der Waals surface area contributed by atoms with Crippen molar-refractivity contribution in [2.24, 2.45) is 11.5 Å². The highest BCUT2D eigenvalue weighted by Crippen LogP contribution is 2.19. The van der Waals surface area contributed by atoms with E-state index in [0.717, 1.165) is 0 Å². The monoisotopic (exact) mass is 449 g/mol. The maximum absolute atomic E-state index is 12.9. The third-order valence-electron chi connectivity index (χ3n) is 5.14. The van der Waals surface area contributed by atoms with Gasteiger partial charge in [-0.25, -0.2) is 9.78 Å². The first-order valence-corrected chi connectivity index (χ1v) is 10.5. The number of amides is 3. The molecule has 1 saturated heterocycles. The van der Waals surface area contributed by atoms with Crippen LogP contribution in [0.15, 0.2) is 24.7 Å². The van der Waals surface area contributed by atoms with Gasteiger partial charge >= 0.3 is 5.97 Å². The number of aromatic nitrogens is 2. The first kappa shape index (κ1) is 25.0. The first-order valence-electron chi connectivity index (χ1n) is 10.5. The number of nitrogens with two attached hydrogens (primary N) is 2. The Morgan fingerprint density at radius 1 is 1.38 bits per heavy atom. The molecule has 1 aromatic heterocycles. The summed E-state index contributed by atoms with van der Waals surface area (Å²) in [6, 6.07) is -3.81. The number of carbonyl (C=O) groups excluding carboxylic acids is 3. The predicted octanol–water partition coefficient (Wildman–Crippen LogP) is -1.75. The fourth-order valence-electron chi connectivity index (χ4n) is 3.43. The second kappa shape index (κ2) is 12.0. The molecular formula is C20H31N7O5. The van der Waals surface area contributed by atoms with Crippen LogP contribution >= 0.6 is 0 Å². The number of rotatable bonds is 11. The highest BCUT2D eigenvalue weighted by atomic mass is 16.4. The van der Waals surface area contributed by atoms with Crippen LogP contribution in [0.2, 0.25) is 0 Å². The summed E-state index contributed by atoms with van der Waals surface area (Å²) in [5, 5.41) is 14.5. The van der Waals surface area contributed by atoms with Gasteiger partial charge in [0.25, 0.3) is 0 Å². The largest absolute Gasteiger partial charge is 0.480 e. The summed E-state index contributed by atoms with van der Waals surface area (Å²) in [7, 11) is 0. The van der Waals surface area contributed by atoms with Crippen LogP contribution in [-0.4, -0.2) is 80.9 Å². The highest BCUT2D eigenvalue weighted by molar-refractivity contribution is 5.94. The van der Waals surface area contributed by atoms with Crippen molar-refractivity contribution in [3.05, 3.63) is 30.4 Å². The number of carbonyl (C=O) groups is 4. The van der Waals surface area contributed by atoms with Gasteiger partial charge in [0.05, 0.1) is 6.33 Å². The lowest BCUT2D eigenvalue weighted by molar-refractivity contribution is -0.144. The van der Waals surface area contributed by atoms with Crippen molar-refractivity contribution in [2.45, 2.75) is 56.8 Å². The van der Waals surface area contributed by atoms with Gasteiger partial charge < -0.3 is 37.1 Å². The van der Waals surface area contributed by atoms with E-state index < -0.39 is 47.9 Å². The maximum Gasteiger partial charge on any atom is 0.326 e. The fraction of sp³-hybridized carbons (Fsp3) is 0.550. The molecule has 0 aliphatic carbocycles. The Bertz CT molecular complexity index is 826. The van der Waals surface area contributed by atoms with E-state index in [1.165, 1.54) is 30.4 Å². The number of nitrogens with zero attached hydrogens (tertiary/aromatic N) is 2. The van der Waals surface area contributed by atoms with Crippen molar-refractivity contribution in [1.29, 1.82) is 0 Å². The summed E-state index contributed by atoms with van der Waals surface area (Å²) in [5.74, 6) is -2.71. The SMILES string of the molecule is C[C@@H](NC(=O)[C@@H](N)/C=C/CCN)C(=O)N1CCC[C@H]1C(=O)N[C@@H](Cc1cnc[nH]1)C(=O)O. The summed E-state index contributed by atoms with van der Waals surface area (Å²) < 4.78 is 0. The number of H-pyrrole nitrogens is 1. The van der Waals surface area contributed by atoms with Crippen LogP contribution in [0.25, 0.3) is 0 Å². The van der Waals surface area contributed by atoms with Crippen molar-refractivity contribution in [3.8, 4) is 0 Å². The molecule has 4 atom stereocenters. The number of carboxylic acids is 1. The van der Waals surface area contributed by atoms with Gasteiger partial charge in [0.1, 0.15) is 24.2 Å². The molecule has 1 aromatic rings. The molecule has 3 amide bonds. The van der Waals surface area contributed by atoms with Crippen molar-refractivity contribution in [3.63, 3.8) is 0 Å². The minimum absolute atomic E-state index is 0.0315. The number of aliphatic carboxylic acids is 1. The zero-order valence-electron chi connectivity index (χ0n) is 18.0. The molecule has 12 nitrogen and oxygen atoms in total. The van der Waals surface area contributed by atoms with Crippen molar-refractivity contribution < 1.29 is 24.3 Å². The lowest BCUT2D eigenvalue weighted by atomic mass is 10.1. The minimum atomic E-state index is -1.19. The minimum Gasteiger partial charge on any atom is -0.480 e. The Morgan fingerprint density at radius 3 is 2.75 bits per heavy atom. The van der Waals surface area contributed by atoms with Crippen LogP contribution in [0.4, 0.5) is 0 Å². The topological polar surface area (TPSA) is 197 Å². The van der Waals surface area contributed by atoms with E-state index >= 15 is 0 Å². The van der Waals surface area contributed by atoms with E-state index in [4.69, 9.17) is 11.5 Å².